The van der Waals surface area contributed by atoms with Crippen LogP contribution in [0.15, 0.2) is 12.1 Å². The maximum absolute atomic E-state index is 12.8. The van der Waals surface area contributed by atoms with E-state index in [4.69, 9.17) is 5.26 Å². The van der Waals surface area contributed by atoms with E-state index >= 15 is 0 Å². The third-order valence-electron chi connectivity index (χ3n) is 4.50. The second-order valence-corrected chi connectivity index (χ2v) is 10.6. The Balaban J connectivity index is 3.09. The average Bonchev–Trinajstić information content (AvgIpc) is 2.50. The van der Waals surface area contributed by atoms with Crippen LogP contribution in [0.5, 0.6) is 0 Å². The molecule has 0 fully saturated rings. The molecular formula is C17H27N3OP+. The van der Waals surface area contributed by atoms with Crippen molar-refractivity contribution in [3.05, 3.63) is 28.8 Å². The van der Waals surface area contributed by atoms with Gasteiger partial charge in [-0.1, -0.05) is 0 Å². The number of carbonyl (C=O) groups is 1. The number of carbonyl (C=O) groups excluding carboxylic acids is 1. The van der Waals surface area contributed by atoms with E-state index in [1.807, 2.05) is 33.0 Å². The van der Waals surface area contributed by atoms with Crippen molar-refractivity contribution in [1.29, 1.82) is 5.26 Å². The predicted octanol–water partition coefficient (Wildman–Crippen LogP) is 3.35. The Labute approximate surface area is 134 Å². The summed E-state index contributed by atoms with van der Waals surface area (Å²) in [5, 5.41) is 15.3. The molecule has 22 heavy (non-hydrogen) atoms. The molecule has 0 saturated heterocycles. The number of aryl methyl sites for hydroxylation is 2. The van der Waals surface area contributed by atoms with Gasteiger partial charge in [0.1, 0.15) is 0 Å². The van der Waals surface area contributed by atoms with Gasteiger partial charge in [0.25, 0.3) is 5.91 Å². The zero-order valence-corrected chi connectivity index (χ0v) is 15.3. The zero-order valence-electron chi connectivity index (χ0n) is 14.4. The molecule has 0 bridgehead atoms. The summed E-state index contributed by atoms with van der Waals surface area (Å²) < 4.78 is 0. The molecule has 1 rings (SSSR count). The molecule has 1 aromatic carbocycles. The molecule has 0 saturated carbocycles. The Morgan fingerprint density at radius 2 is 1.77 bits per heavy atom. The molecule has 1 aromatic rings. The number of hydrogen-bond acceptors (Lipinski definition) is 3. The maximum Gasteiger partial charge on any atom is 0.280 e. The predicted molar refractivity (Wildman–Crippen MR) is 96.0 cm³/mol. The highest BCUT2D eigenvalue weighted by Gasteiger charge is 2.42. The fourth-order valence-corrected chi connectivity index (χ4v) is 5.16. The van der Waals surface area contributed by atoms with Gasteiger partial charge >= 0.3 is 0 Å². The molecule has 1 amide bonds. The minimum absolute atomic E-state index is 0.0259. The fourth-order valence-electron chi connectivity index (χ4n) is 2.73. The van der Waals surface area contributed by atoms with Crippen LogP contribution >= 0.6 is 7.26 Å². The van der Waals surface area contributed by atoms with Crippen LogP contribution in [0.3, 0.4) is 0 Å². The third kappa shape index (κ3) is 3.85. The first-order chi connectivity index (χ1) is 10.3. The minimum atomic E-state index is -1.36. The third-order valence-corrected chi connectivity index (χ3v) is 9.13. The van der Waals surface area contributed by atoms with Crippen molar-refractivity contribution in [3.63, 3.8) is 0 Å². The number of nitrogens with zero attached hydrogens (tertiary/aromatic N) is 1. The summed E-state index contributed by atoms with van der Waals surface area (Å²) in [4.78, 5) is 12.8. The minimum Gasteiger partial charge on any atom is -0.321 e. The van der Waals surface area contributed by atoms with Crippen LogP contribution < -0.4 is 10.6 Å². The average molecular weight is 320 g/mol. The lowest BCUT2D eigenvalue weighted by atomic mass is 10.0. The van der Waals surface area contributed by atoms with Gasteiger partial charge in [-0.2, -0.15) is 5.26 Å². The van der Waals surface area contributed by atoms with Gasteiger partial charge in [-0.15, -0.1) is 0 Å². The lowest BCUT2D eigenvalue weighted by molar-refractivity contribution is -0.116. The first-order valence-electron chi connectivity index (χ1n) is 7.66. The zero-order chi connectivity index (χ0) is 16.9. The largest absolute Gasteiger partial charge is 0.321 e. The molecular weight excluding hydrogens is 293 g/mol. The molecule has 2 N–H and O–H groups in total. The lowest BCUT2D eigenvalue weighted by Gasteiger charge is -2.28. The highest BCUT2D eigenvalue weighted by Crippen LogP contribution is 2.58. The van der Waals surface area contributed by atoms with Crippen LogP contribution in [0.4, 0.5) is 5.69 Å². The van der Waals surface area contributed by atoms with E-state index in [2.05, 4.69) is 37.2 Å². The van der Waals surface area contributed by atoms with E-state index in [1.54, 1.807) is 0 Å². The van der Waals surface area contributed by atoms with Gasteiger partial charge in [0, 0.05) is 12.9 Å². The Hall–Kier alpha value is -1.43. The van der Waals surface area contributed by atoms with Crippen molar-refractivity contribution in [1.82, 2.24) is 5.32 Å². The van der Waals surface area contributed by atoms with E-state index in [1.165, 1.54) is 0 Å². The van der Waals surface area contributed by atoms with Gasteiger partial charge in [0.05, 0.1) is 30.6 Å². The van der Waals surface area contributed by atoms with Crippen LogP contribution in [0.2, 0.25) is 0 Å². The Morgan fingerprint density at radius 3 is 2.14 bits per heavy atom. The summed E-state index contributed by atoms with van der Waals surface area (Å²) in [6.45, 7) is 10.4. The van der Waals surface area contributed by atoms with Gasteiger partial charge in [-0.3, -0.25) is 10.1 Å². The van der Waals surface area contributed by atoms with Crippen molar-refractivity contribution in [3.8, 4) is 6.07 Å². The second kappa shape index (κ2) is 7.72. The van der Waals surface area contributed by atoms with Crippen molar-refractivity contribution in [2.75, 3.05) is 31.4 Å². The number of benzene rings is 1. The fraction of sp³-hybridized carbons (Fsp3) is 0.529. The Morgan fingerprint density at radius 1 is 1.27 bits per heavy atom. The highest BCUT2D eigenvalue weighted by atomic mass is 31.2. The first-order valence-corrected chi connectivity index (χ1v) is 10.3. The van der Waals surface area contributed by atoms with E-state index in [9.17, 15) is 4.79 Å². The van der Waals surface area contributed by atoms with Gasteiger partial charge in [-0.25, -0.2) is 0 Å². The Kier molecular flexibility index (Phi) is 6.53. The van der Waals surface area contributed by atoms with Crippen LogP contribution in [-0.2, 0) is 4.79 Å². The second-order valence-electron chi connectivity index (χ2n) is 5.89. The van der Waals surface area contributed by atoms with Gasteiger partial charge < -0.3 is 5.32 Å². The number of amides is 1. The van der Waals surface area contributed by atoms with Crippen molar-refractivity contribution in [2.24, 2.45) is 0 Å². The van der Waals surface area contributed by atoms with Crippen LogP contribution in [0.25, 0.3) is 0 Å². The number of hydrogen-bond donors (Lipinski definition) is 2. The number of rotatable bonds is 6. The Bertz CT molecular complexity index is 565. The molecule has 5 heteroatoms. The molecule has 0 aliphatic carbocycles. The maximum atomic E-state index is 12.8. The first kappa shape index (κ1) is 18.6. The lowest BCUT2D eigenvalue weighted by Crippen LogP contribution is -2.41. The monoisotopic (exact) mass is 320 g/mol. The van der Waals surface area contributed by atoms with E-state index in [0.29, 0.717) is 5.56 Å². The quantitative estimate of drug-likeness (QED) is 0.790. The molecule has 0 aliphatic heterocycles. The highest BCUT2D eigenvalue weighted by molar-refractivity contribution is 7.76. The molecule has 0 heterocycles. The molecule has 0 radical (unpaired) electrons. The van der Waals surface area contributed by atoms with Gasteiger partial charge in [-0.05, 0) is 58.0 Å². The number of anilines is 1. The summed E-state index contributed by atoms with van der Waals surface area (Å²) >= 11 is 0. The summed E-state index contributed by atoms with van der Waals surface area (Å²) in [5.74, 6) is -0.116. The molecule has 0 aliphatic rings. The summed E-state index contributed by atoms with van der Waals surface area (Å²) in [6.07, 6.45) is 2.07. The van der Waals surface area contributed by atoms with Gasteiger partial charge in [0.15, 0.2) is 5.78 Å². The van der Waals surface area contributed by atoms with Crippen molar-refractivity contribution < 1.29 is 4.79 Å². The molecule has 1 unspecified atom stereocenters. The standard InChI is InChI=1S/C17H26N3OP/c1-7-22(6,8-2)17(19-5)16(21)20-15-12(3)9-14(11-18)10-13(15)4/h9-10,17,19H,7-8H2,1-6H3/p+1. The molecule has 120 valence electrons. The SMILES string of the molecule is CC[P+](C)(CC)C(NC)C(=O)Nc1c(C)cc(C#N)cc1C. The summed E-state index contributed by atoms with van der Waals surface area (Å²) in [6, 6.07) is 5.77. The van der Waals surface area contributed by atoms with E-state index in [0.717, 1.165) is 29.1 Å². The van der Waals surface area contributed by atoms with Gasteiger partial charge in [0.2, 0.25) is 0 Å². The van der Waals surface area contributed by atoms with Crippen LogP contribution in [0.1, 0.15) is 30.5 Å². The molecule has 4 nitrogen and oxygen atoms in total. The van der Waals surface area contributed by atoms with Crippen molar-refractivity contribution in [2.45, 2.75) is 33.5 Å². The van der Waals surface area contributed by atoms with E-state index < -0.39 is 7.26 Å². The smallest absolute Gasteiger partial charge is 0.280 e. The number of nitriles is 1. The molecule has 0 aromatic heterocycles. The summed E-state index contributed by atoms with van der Waals surface area (Å²) in [5.41, 5.74) is 3.29. The molecule has 1 atom stereocenters. The normalized spacial score (nSPS) is 12.6. The number of nitrogens with one attached hydrogen (secondary N) is 2. The molecule has 0 spiro atoms. The van der Waals surface area contributed by atoms with Crippen molar-refractivity contribution >= 4 is 18.9 Å². The topological polar surface area (TPSA) is 64.9 Å². The van der Waals surface area contributed by atoms with Crippen LogP contribution in [0, 0.1) is 25.2 Å². The van der Waals surface area contributed by atoms with Crippen LogP contribution in [-0.4, -0.2) is 37.7 Å². The summed E-state index contributed by atoms with van der Waals surface area (Å²) in [7, 11) is 0.498. The number of likely N-dealkylation sites (N-methyl/N-ethyl adjacent to an activating group) is 1. The van der Waals surface area contributed by atoms with E-state index in [-0.39, 0.29) is 11.7 Å².